The van der Waals surface area contributed by atoms with Crippen molar-refractivity contribution in [3.8, 4) is 22.6 Å². The molecule has 0 saturated heterocycles. The maximum absolute atomic E-state index is 4.66. The van der Waals surface area contributed by atoms with E-state index >= 15 is 0 Å². The molecule has 0 radical (unpaired) electrons. The quantitative estimate of drug-likeness (QED) is 0.516. The van der Waals surface area contributed by atoms with Crippen LogP contribution >= 0.6 is 0 Å². The molecule has 27 heavy (non-hydrogen) atoms. The minimum atomic E-state index is 0.724. The molecular formula is C20H17N7. The van der Waals surface area contributed by atoms with Crippen LogP contribution in [-0.4, -0.2) is 44.2 Å². The van der Waals surface area contributed by atoms with Gasteiger partial charge in [0, 0.05) is 37.6 Å². The Morgan fingerprint density at radius 2 is 1.81 bits per heavy atom. The number of pyridine rings is 2. The van der Waals surface area contributed by atoms with Crippen molar-refractivity contribution in [3.05, 3.63) is 55.0 Å². The molecule has 0 amide bonds. The first kappa shape index (κ1) is 15.5. The summed E-state index contributed by atoms with van der Waals surface area (Å²) in [5.41, 5.74) is 6.41. The maximum atomic E-state index is 4.66. The van der Waals surface area contributed by atoms with Gasteiger partial charge in [-0.2, -0.15) is 5.10 Å². The molecule has 0 atom stereocenters. The van der Waals surface area contributed by atoms with Gasteiger partial charge in [0.2, 0.25) is 0 Å². The summed E-state index contributed by atoms with van der Waals surface area (Å²) in [6.07, 6.45) is 5.52. The molecule has 2 N–H and O–H groups in total. The van der Waals surface area contributed by atoms with Gasteiger partial charge in [-0.25, -0.2) is 9.97 Å². The average Bonchev–Trinajstić information content (AvgIpc) is 3.31. The Morgan fingerprint density at radius 3 is 2.67 bits per heavy atom. The molecule has 7 heteroatoms. The van der Waals surface area contributed by atoms with E-state index in [4.69, 9.17) is 0 Å². The minimum absolute atomic E-state index is 0.724. The smallest absolute Gasteiger partial charge is 0.159 e. The molecule has 132 valence electrons. The first-order chi connectivity index (χ1) is 13.2. The third-order valence-electron chi connectivity index (χ3n) is 4.60. The van der Waals surface area contributed by atoms with Gasteiger partial charge in [-0.15, -0.1) is 0 Å². The average molecular weight is 355 g/mol. The van der Waals surface area contributed by atoms with E-state index in [1.54, 1.807) is 0 Å². The second-order valence-electron chi connectivity index (χ2n) is 6.62. The Morgan fingerprint density at radius 1 is 0.963 bits per heavy atom. The topological polar surface area (TPSA) is 86.4 Å². The molecule has 0 aliphatic heterocycles. The van der Waals surface area contributed by atoms with Crippen molar-refractivity contribution in [1.82, 2.24) is 30.1 Å². The lowest BCUT2D eigenvalue weighted by molar-refractivity contribution is 1.09. The van der Waals surface area contributed by atoms with Crippen molar-refractivity contribution >= 4 is 27.8 Å². The lowest BCUT2D eigenvalue weighted by Crippen LogP contribution is -2.08. The zero-order valence-corrected chi connectivity index (χ0v) is 14.9. The van der Waals surface area contributed by atoms with Crippen LogP contribution in [0.25, 0.3) is 44.7 Å². The van der Waals surface area contributed by atoms with Gasteiger partial charge in [-0.05, 0) is 24.3 Å². The standard InChI is InChI=1S/C20H17N7/c1-27(2)14-7-12(9-21-11-14)13-8-15-18(25-26-19(15)22-10-13)20-23-16-5-3-4-6-17(16)24-20/h3-11H,1-2H3,(H,23,24)(H,22,25,26). The Labute approximate surface area is 155 Å². The van der Waals surface area contributed by atoms with Crippen LogP contribution in [0.5, 0.6) is 0 Å². The third-order valence-corrected chi connectivity index (χ3v) is 4.60. The molecule has 0 fully saturated rings. The van der Waals surface area contributed by atoms with E-state index < -0.39 is 0 Å². The van der Waals surface area contributed by atoms with Crippen LogP contribution in [0.2, 0.25) is 0 Å². The highest BCUT2D eigenvalue weighted by Gasteiger charge is 2.14. The Hall–Kier alpha value is -3.74. The van der Waals surface area contributed by atoms with Crippen LogP contribution in [0.3, 0.4) is 0 Å². The second kappa shape index (κ2) is 5.91. The van der Waals surface area contributed by atoms with Gasteiger partial charge in [0.05, 0.1) is 28.3 Å². The number of aromatic nitrogens is 6. The predicted octanol–water partition coefficient (Wildman–Crippen LogP) is 3.63. The van der Waals surface area contributed by atoms with E-state index in [0.29, 0.717) is 0 Å². The van der Waals surface area contributed by atoms with E-state index in [-0.39, 0.29) is 0 Å². The van der Waals surface area contributed by atoms with E-state index in [0.717, 1.165) is 50.4 Å². The van der Waals surface area contributed by atoms with Crippen molar-refractivity contribution in [2.24, 2.45) is 0 Å². The van der Waals surface area contributed by atoms with Gasteiger partial charge in [0.1, 0.15) is 5.69 Å². The molecular weight excluding hydrogens is 338 g/mol. The number of anilines is 1. The van der Waals surface area contributed by atoms with Crippen LogP contribution < -0.4 is 4.90 Å². The number of fused-ring (bicyclic) bond motifs is 2. The van der Waals surface area contributed by atoms with Gasteiger partial charge in [-0.1, -0.05) is 12.1 Å². The highest BCUT2D eigenvalue weighted by molar-refractivity contribution is 5.93. The summed E-state index contributed by atoms with van der Waals surface area (Å²) in [6, 6.07) is 12.1. The molecule has 4 aromatic heterocycles. The largest absolute Gasteiger partial charge is 0.376 e. The highest BCUT2D eigenvalue weighted by Crippen LogP contribution is 2.29. The van der Waals surface area contributed by atoms with Crippen molar-refractivity contribution in [2.45, 2.75) is 0 Å². The van der Waals surface area contributed by atoms with Crippen LogP contribution in [0.4, 0.5) is 5.69 Å². The fraction of sp³-hybridized carbons (Fsp3) is 0.100. The number of benzene rings is 1. The van der Waals surface area contributed by atoms with Crippen molar-refractivity contribution in [2.75, 3.05) is 19.0 Å². The lowest BCUT2D eigenvalue weighted by atomic mass is 10.1. The van der Waals surface area contributed by atoms with Gasteiger partial charge in [0.25, 0.3) is 0 Å². The van der Waals surface area contributed by atoms with Gasteiger partial charge in [-0.3, -0.25) is 10.1 Å². The number of hydrogen-bond acceptors (Lipinski definition) is 5. The van der Waals surface area contributed by atoms with Crippen LogP contribution in [0.15, 0.2) is 55.0 Å². The molecule has 4 heterocycles. The number of para-hydroxylation sites is 2. The van der Waals surface area contributed by atoms with E-state index in [9.17, 15) is 0 Å². The van der Waals surface area contributed by atoms with Gasteiger partial charge < -0.3 is 9.88 Å². The molecule has 0 bridgehead atoms. The Kier molecular flexibility index (Phi) is 3.39. The molecule has 1 aromatic carbocycles. The van der Waals surface area contributed by atoms with Crippen molar-refractivity contribution in [1.29, 1.82) is 0 Å². The number of nitrogens with zero attached hydrogens (tertiary/aromatic N) is 5. The van der Waals surface area contributed by atoms with Crippen LogP contribution in [0, 0.1) is 0 Å². The number of rotatable bonds is 3. The molecule has 0 aliphatic rings. The lowest BCUT2D eigenvalue weighted by Gasteiger charge is -2.12. The maximum Gasteiger partial charge on any atom is 0.159 e. The summed E-state index contributed by atoms with van der Waals surface area (Å²) in [7, 11) is 4.00. The van der Waals surface area contributed by atoms with E-state index in [1.807, 2.05) is 61.9 Å². The summed E-state index contributed by atoms with van der Waals surface area (Å²) in [4.78, 5) is 18.9. The summed E-state index contributed by atoms with van der Waals surface area (Å²) in [6.45, 7) is 0. The number of imidazole rings is 1. The molecule has 5 aromatic rings. The number of H-pyrrole nitrogens is 2. The van der Waals surface area contributed by atoms with Gasteiger partial charge >= 0.3 is 0 Å². The molecule has 0 aliphatic carbocycles. The first-order valence-electron chi connectivity index (χ1n) is 8.61. The van der Waals surface area contributed by atoms with Crippen molar-refractivity contribution < 1.29 is 0 Å². The zero-order valence-electron chi connectivity index (χ0n) is 14.9. The van der Waals surface area contributed by atoms with Crippen LogP contribution in [-0.2, 0) is 0 Å². The SMILES string of the molecule is CN(C)c1cncc(-c2cnc3[nH]nc(-c4nc5ccccc5[nH]4)c3c2)c1. The summed E-state index contributed by atoms with van der Waals surface area (Å²) in [5.74, 6) is 0.724. The highest BCUT2D eigenvalue weighted by atomic mass is 15.2. The zero-order chi connectivity index (χ0) is 18.4. The fourth-order valence-corrected chi connectivity index (χ4v) is 3.14. The first-order valence-corrected chi connectivity index (χ1v) is 8.61. The Bertz CT molecular complexity index is 1230. The van der Waals surface area contributed by atoms with Gasteiger partial charge in [0.15, 0.2) is 11.5 Å². The number of nitrogens with one attached hydrogen (secondary N) is 2. The number of aromatic amines is 2. The molecule has 0 spiro atoms. The number of hydrogen-bond donors (Lipinski definition) is 2. The summed E-state index contributed by atoms with van der Waals surface area (Å²) in [5, 5.41) is 8.35. The predicted molar refractivity (Wildman–Crippen MR) is 107 cm³/mol. The summed E-state index contributed by atoms with van der Waals surface area (Å²) >= 11 is 0. The fourth-order valence-electron chi connectivity index (χ4n) is 3.14. The Balaban J connectivity index is 1.65. The monoisotopic (exact) mass is 355 g/mol. The van der Waals surface area contributed by atoms with Crippen molar-refractivity contribution in [3.63, 3.8) is 0 Å². The second-order valence-corrected chi connectivity index (χ2v) is 6.62. The van der Waals surface area contributed by atoms with E-state index in [1.165, 1.54) is 0 Å². The molecule has 7 nitrogen and oxygen atoms in total. The van der Waals surface area contributed by atoms with Crippen LogP contribution in [0.1, 0.15) is 0 Å². The third kappa shape index (κ3) is 2.60. The molecule has 0 unspecified atom stereocenters. The molecule has 0 saturated carbocycles. The minimum Gasteiger partial charge on any atom is -0.376 e. The van der Waals surface area contributed by atoms with E-state index in [2.05, 4.69) is 42.3 Å². The summed E-state index contributed by atoms with van der Waals surface area (Å²) < 4.78 is 0. The molecule has 5 rings (SSSR count). The normalized spacial score (nSPS) is 11.3.